The number of aliphatic hydroxyl groups excluding tert-OH is 1. The topological polar surface area (TPSA) is 37.3 Å². The maximum absolute atomic E-state index is 12.0. The molecular formula is C9H7F3O2. The van der Waals surface area contributed by atoms with Crippen molar-refractivity contribution >= 4 is 5.78 Å². The van der Waals surface area contributed by atoms with Crippen molar-refractivity contribution < 1.29 is 23.1 Å². The molecule has 2 nitrogen and oxygen atoms in total. The highest BCUT2D eigenvalue weighted by Gasteiger charge is 2.39. The zero-order valence-corrected chi connectivity index (χ0v) is 7.01. The molecule has 1 rings (SSSR count). The number of aliphatic hydroxyl groups is 1. The summed E-state index contributed by atoms with van der Waals surface area (Å²) in [5.74, 6) is -1.90. The normalized spacial score (nSPS) is 11.4. The summed E-state index contributed by atoms with van der Waals surface area (Å²) < 4.78 is 35.9. The Hall–Kier alpha value is -1.36. The number of carbonyl (C=O) groups is 1. The fourth-order valence-electron chi connectivity index (χ4n) is 0.975. The number of hydrogen-bond donors (Lipinski definition) is 1. The molecule has 0 saturated heterocycles. The average Bonchev–Trinajstić information content (AvgIpc) is 2.15. The van der Waals surface area contributed by atoms with E-state index in [4.69, 9.17) is 5.11 Å². The molecule has 0 fully saturated rings. The second kappa shape index (κ2) is 3.79. The van der Waals surface area contributed by atoms with Crippen LogP contribution in [0.1, 0.15) is 15.9 Å². The highest BCUT2D eigenvalue weighted by atomic mass is 19.4. The van der Waals surface area contributed by atoms with Gasteiger partial charge in [0.15, 0.2) is 0 Å². The molecular weight excluding hydrogens is 197 g/mol. The summed E-state index contributed by atoms with van der Waals surface area (Å²) in [6, 6.07) is 4.82. The van der Waals surface area contributed by atoms with E-state index in [1.807, 2.05) is 0 Å². The van der Waals surface area contributed by atoms with Gasteiger partial charge in [0.2, 0.25) is 0 Å². The van der Waals surface area contributed by atoms with Crippen molar-refractivity contribution in [3.63, 3.8) is 0 Å². The molecule has 0 aromatic heterocycles. The van der Waals surface area contributed by atoms with Crippen molar-refractivity contribution in [2.24, 2.45) is 0 Å². The second-order valence-electron chi connectivity index (χ2n) is 2.69. The Balaban J connectivity index is 3.02. The zero-order valence-electron chi connectivity index (χ0n) is 7.01. The van der Waals surface area contributed by atoms with E-state index in [1.54, 1.807) is 0 Å². The quantitative estimate of drug-likeness (QED) is 0.747. The molecule has 14 heavy (non-hydrogen) atoms. The highest BCUT2D eigenvalue weighted by Crippen LogP contribution is 2.21. The predicted octanol–water partition coefficient (Wildman–Crippen LogP) is 1.92. The molecule has 0 aliphatic carbocycles. The third kappa shape index (κ3) is 2.32. The van der Waals surface area contributed by atoms with E-state index in [2.05, 4.69) is 0 Å². The van der Waals surface area contributed by atoms with Crippen molar-refractivity contribution in [2.45, 2.75) is 12.8 Å². The molecule has 76 valence electrons. The van der Waals surface area contributed by atoms with Gasteiger partial charge in [0.1, 0.15) is 0 Å². The molecule has 0 spiro atoms. The van der Waals surface area contributed by atoms with E-state index < -0.39 is 17.5 Å². The summed E-state index contributed by atoms with van der Waals surface area (Å²) in [5, 5.41) is 8.65. The minimum atomic E-state index is -4.87. The van der Waals surface area contributed by atoms with E-state index in [0.717, 1.165) is 12.1 Å². The lowest BCUT2D eigenvalue weighted by Gasteiger charge is -2.05. The average molecular weight is 204 g/mol. The van der Waals surface area contributed by atoms with Gasteiger partial charge in [-0.15, -0.1) is 0 Å². The second-order valence-corrected chi connectivity index (χ2v) is 2.69. The van der Waals surface area contributed by atoms with Crippen LogP contribution in [0, 0.1) is 0 Å². The number of Topliss-reactive ketones (excluding diaryl/α,β-unsaturated/α-hetero) is 1. The Morgan fingerprint density at radius 2 is 2.00 bits per heavy atom. The summed E-state index contributed by atoms with van der Waals surface area (Å²) >= 11 is 0. The van der Waals surface area contributed by atoms with Crippen LogP contribution in [0.15, 0.2) is 24.3 Å². The number of carbonyl (C=O) groups excluding carboxylic acids is 1. The molecule has 0 atom stereocenters. The van der Waals surface area contributed by atoms with Gasteiger partial charge in [0, 0.05) is 5.56 Å². The smallest absolute Gasteiger partial charge is 0.392 e. The highest BCUT2D eigenvalue weighted by molar-refractivity contribution is 6.00. The van der Waals surface area contributed by atoms with Gasteiger partial charge in [-0.1, -0.05) is 18.2 Å². The number of rotatable bonds is 2. The van der Waals surface area contributed by atoms with Crippen LogP contribution >= 0.6 is 0 Å². The number of benzene rings is 1. The molecule has 5 heteroatoms. The Labute approximate surface area is 78.0 Å². The summed E-state index contributed by atoms with van der Waals surface area (Å²) in [6.07, 6.45) is -4.87. The van der Waals surface area contributed by atoms with Crippen LogP contribution in [-0.4, -0.2) is 17.1 Å². The van der Waals surface area contributed by atoms with Crippen LogP contribution in [0.2, 0.25) is 0 Å². The van der Waals surface area contributed by atoms with Gasteiger partial charge < -0.3 is 5.11 Å². The maximum atomic E-state index is 12.0. The van der Waals surface area contributed by atoms with E-state index in [-0.39, 0.29) is 12.2 Å². The van der Waals surface area contributed by atoms with Gasteiger partial charge in [-0.3, -0.25) is 4.79 Å². The lowest BCUT2D eigenvalue weighted by Crippen LogP contribution is -2.22. The maximum Gasteiger partial charge on any atom is 0.454 e. The molecule has 0 saturated carbocycles. The fraction of sp³-hybridized carbons (Fsp3) is 0.222. The molecule has 0 aliphatic rings. The van der Waals surface area contributed by atoms with Crippen molar-refractivity contribution in [3.05, 3.63) is 35.4 Å². The molecule has 0 heterocycles. The molecule has 1 aromatic rings. The van der Waals surface area contributed by atoms with E-state index in [9.17, 15) is 18.0 Å². The first kappa shape index (κ1) is 10.7. The molecule has 1 aromatic carbocycles. The third-order valence-corrected chi connectivity index (χ3v) is 1.63. The van der Waals surface area contributed by atoms with Crippen LogP contribution in [0.25, 0.3) is 0 Å². The molecule has 0 aliphatic heterocycles. The van der Waals surface area contributed by atoms with Crippen molar-refractivity contribution in [2.75, 3.05) is 0 Å². The van der Waals surface area contributed by atoms with Gasteiger partial charge in [-0.05, 0) is 11.6 Å². The van der Waals surface area contributed by atoms with Crippen LogP contribution in [0.3, 0.4) is 0 Å². The molecule has 0 unspecified atom stereocenters. The van der Waals surface area contributed by atoms with Crippen molar-refractivity contribution in [3.8, 4) is 0 Å². The van der Waals surface area contributed by atoms with Crippen LogP contribution in [-0.2, 0) is 6.61 Å². The van der Waals surface area contributed by atoms with Gasteiger partial charge >= 0.3 is 6.18 Å². The molecule has 0 bridgehead atoms. The first-order chi connectivity index (χ1) is 6.45. The Morgan fingerprint density at radius 1 is 1.36 bits per heavy atom. The van der Waals surface area contributed by atoms with Crippen LogP contribution < -0.4 is 0 Å². The number of ketones is 1. The zero-order chi connectivity index (χ0) is 10.8. The Bertz CT molecular complexity index is 344. The van der Waals surface area contributed by atoms with E-state index >= 15 is 0 Å². The monoisotopic (exact) mass is 204 g/mol. The largest absolute Gasteiger partial charge is 0.454 e. The van der Waals surface area contributed by atoms with Crippen molar-refractivity contribution in [1.29, 1.82) is 0 Å². The number of halogens is 3. The standard InChI is InChI=1S/C9H7F3O2/c10-9(11,12)8(14)7-3-1-2-6(4-7)5-13/h1-4,13H,5H2. The van der Waals surface area contributed by atoms with Crippen molar-refractivity contribution in [1.82, 2.24) is 0 Å². The van der Waals surface area contributed by atoms with Crippen LogP contribution in [0.4, 0.5) is 13.2 Å². The summed E-state index contributed by atoms with van der Waals surface area (Å²) in [5.41, 5.74) is -0.177. The fourth-order valence-corrected chi connectivity index (χ4v) is 0.975. The predicted molar refractivity (Wildman–Crippen MR) is 42.8 cm³/mol. The lowest BCUT2D eigenvalue weighted by atomic mass is 10.1. The lowest BCUT2D eigenvalue weighted by molar-refractivity contribution is -0.0885. The first-order valence-electron chi connectivity index (χ1n) is 3.76. The van der Waals surface area contributed by atoms with Gasteiger partial charge in [-0.2, -0.15) is 13.2 Å². The SMILES string of the molecule is O=C(c1cccc(CO)c1)C(F)(F)F. The molecule has 0 amide bonds. The number of alkyl halides is 3. The Morgan fingerprint density at radius 3 is 2.50 bits per heavy atom. The Kier molecular flexibility index (Phi) is 2.90. The molecule has 1 N–H and O–H groups in total. The summed E-state index contributed by atoms with van der Waals surface area (Å²) in [7, 11) is 0. The molecule has 0 radical (unpaired) electrons. The summed E-state index contributed by atoms with van der Waals surface area (Å²) in [6.45, 7) is -0.390. The third-order valence-electron chi connectivity index (χ3n) is 1.63. The van der Waals surface area contributed by atoms with Crippen LogP contribution in [0.5, 0.6) is 0 Å². The van der Waals surface area contributed by atoms with Gasteiger partial charge in [0.05, 0.1) is 6.61 Å². The first-order valence-corrected chi connectivity index (χ1v) is 3.76. The minimum absolute atomic E-state index is 0.278. The number of hydrogen-bond acceptors (Lipinski definition) is 2. The van der Waals surface area contributed by atoms with E-state index in [0.29, 0.717) is 0 Å². The van der Waals surface area contributed by atoms with Gasteiger partial charge in [0.25, 0.3) is 5.78 Å². The minimum Gasteiger partial charge on any atom is -0.392 e. The summed E-state index contributed by atoms with van der Waals surface area (Å²) in [4.78, 5) is 10.7. The van der Waals surface area contributed by atoms with E-state index in [1.165, 1.54) is 12.1 Å². The van der Waals surface area contributed by atoms with Gasteiger partial charge in [-0.25, -0.2) is 0 Å².